The number of benzodiazepines with no additional fused rings is 1. The number of benzene rings is 2. The zero-order valence-electron chi connectivity index (χ0n) is 23.7. The fourth-order valence-electron chi connectivity index (χ4n) is 5.43. The number of allylic oxidation sites excluding steroid dienone is 2. The van der Waals surface area contributed by atoms with E-state index in [1.807, 2.05) is 27.7 Å². The van der Waals surface area contributed by atoms with Crippen LogP contribution in [-0.2, 0) is 14.4 Å². The van der Waals surface area contributed by atoms with Gasteiger partial charge in [0, 0.05) is 17.2 Å². The number of carbonyl (C=O) groups excluding carboxylic acids is 3. The zero-order valence-corrected chi connectivity index (χ0v) is 23.7. The summed E-state index contributed by atoms with van der Waals surface area (Å²) in [7, 11) is 0. The first-order valence-electron chi connectivity index (χ1n) is 13.6. The highest BCUT2D eigenvalue weighted by Crippen LogP contribution is 2.40. The lowest BCUT2D eigenvalue weighted by Crippen LogP contribution is -2.55. The average molecular weight is 547 g/mol. The van der Waals surface area contributed by atoms with Crippen LogP contribution in [0.2, 0.25) is 0 Å². The van der Waals surface area contributed by atoms with Gasteiger partial charge in [-0.3, -0.25) is 14.4 Å². The van der Waals surface area contributed by atoms with Crippen LogP contribution in [0.3, 0.4) is 0 Å². The number of hydrogen-bond acceptors (Lipinski definition) is 4. The van der Waals surface area contributed by atoms with E-state index in [0.29, 0.717) is 17.7 Å². The summed E-state index contributed by atoms with van der Waals surface area (Å²) < 4.78 is 15.1. The molecule has 0 spiro atoms. The molecule has 2 aromatic rings. The highest BCUT2D eigenvalue weighted by Gasteiger charge is 2.47. The van der Waals surface area contributed by atoms with Gasteiger partial charge < -0.3 is 16.0 Å². The summed E-state index contributed by atoms with van der Waals surface area (Å²) in [6.07, 6.45) is 2.41. The highest BCUT2D eigenvalue weighted by molar-refractivity contribution is 6.20. The van der Waals surface area contributed by atoms with Crippen molar-refractivity contribution in [3.63, 3.8) is 0 Å². The molecule has 1 heterocycles. The molecule has 3 amide bonds. The molecule has 2 atom stereocenters. The van der Waals surface area contributed by atoms with Crippen LogP contribution < -0.4 is 16.0 Å². The van der Waals surface area contributed by atoms with E-state index in [4.69, 9.17) is 5.73 Å². The molecule has 1 aliphatic rings. The Morgan fingerprint density at radius 1 is 1.05 bits per heavy atom. The lowest BCUT2D eigenvalue weighted by Gasteiger charge is -2.37. The standard InChI is InChI=1S/C32H39FN4O3/c1-7-17-32(18-8-2,31(34)40)24(19-20(3)4)29(38)36-28-30(39)37(21(5)6)26-16-12-10-14-23(26)27(35-28)22-13-9-11-15-25(22)33/h7-16,20-21,24,28H,1-2,17-19H2,3-6H3,(H2,34,40)(H,36,38)/t24-,28?/m0/s1. The van der Waals surface area contributed by atoms with Crippen molar-refractivity contribution >= 4 is 29.1 Å². The minimum Gasteiger partial charge on any atom is -0.369 e. The lowest BCUT2D eigenvalue weighted by molar-refractivity contribution is -0.142. The first kappa shape index (κ1) is 30.5. The number of rotatable bonds is 12. The Labute approximate surface area is 236 Å². The Bertz CT molecular complexity index is 1310. The minimum atomic E-state index is -1.37. The number of nitrogens with one attached hydrogen (secondary N) is 1. The van der Waals surface area contributed by atoms with Gasteiger partial charge in [0.2, 0.25) is 18.0 Å². The highest BCUT2D eigenvalue weighted by atomic mass is 19.1. The number of aliphatic imine (C=N–C) groups is 1. The number of carbonyl (C=O) groups is 3. The predicted molar refractivity (Wildman–Crippen MR) is 157 cm³/mol. The van der Waals surface area contributed by atoms with Crippen LogP contribution >= 0.6 is 0 Å². The molecule has 0 radical (unpaired) electrons. The molecule has 0 bridgehead atoms. The fourth-order valence-corrected chi connectivity index (χ4v) is 5.43. The van der Waals surface area contributed by atoms with E-state index in [2.05, 4.69) is 23.5 Å². The van der Waals surface area contributed by atoms with Crippen molar-refractivity contribution in [2.75, 3.05) is 4.90 Å². The summed E-state index contributed by atoms with van der Waals surface area (Å²) in [6, 6.07) is 13.0. The van der Waals surface area contributed by atoms with Crippen LogP contribution in [0.1, 0.15) is 58.1 Å². The third kappa shape index (κ3) is 6.06. The van der Waals surface area contributed by atoms with E-state index in [1.165, 1.54) is 6.07 Å². The Hall–Kier alpha value is -4.07. The van der Waals surface area contributed by atoms with Crippen molar-refractivity contribution in [2.24, 2.45) is 28.0 Å². The van der Waals surface area contributed by atoms with Crippen LogP contribution in [0, 0.1) is 23.1 Å². The SMILES string of the molecule is C=CCC(CC=C)(C(N)=O)[C@@H](CC(C)C)C(=O)NC1N=C(c2ccccc2F)c2ccccc2N(C(C)C)C1=O. The number of nitrogens with two attached hydrogens (primary N) is 1. The van der Waals surface area contributed by atoms with Crippen LogP contribution in [0.15, 0.2) is 78.8 Å². The molecule has 3 rings (SSSR count). The molecule has 0 saturated carbocycles. The molecule has 0 aliphatic carbocycles. The first-order valence-corrected chi connectivity index (χ1v) is 13.6. The monoisotopic (exact) mass is 546 g/mol. The molecule has 2 aromatic carbocycles. The Kier molecular flexibility index (Phi) is 9.79. The Morgan fingerprint density at radius 3 is 2.15 bits per heavy atom. The Morgan fingerprint density at radius 2 is 1.62 bits per heavy atom. The minimum absolute atomic E-state index is 0.0304. The van der Waals surface area contributed by atoms with Gasteiger partial charge in [-0.05, 0) is 57.2 Å². The maximum Gasteiger partial charge on any atom is 0.272 e. The van der Waals surface area contributed by atoms with Gasteiger partial charge in [-0.1, -0.05) is 56.3 Å². The number of hydrogen-bond donors (Lipinski definition) is 2. The smallest absolute Gasteiger partial charge is 0.272 e. The average Bonchev–Trinajstić information content (AvgIpc) is 3.01. The third-order valence-corrected chi connectivity index (χ3v) is 7.27. The Balaban J connectivity index is 2.20. The molecule has 8 heteroatoms. The number of fused-ring (bicyclic) bond motifs is 1. The maximum absolute atomic E-state index is 15.1. The summed E-state index contributed by atoms with van der Waals surface area (Å²) in [5, 5.41) is 2.81. The van der Waals surface area contributed by atoms with Gasteiger partial charge in [0.25, 0.3) is 5.91 Å². The number of primary amides is 1. The molecule has 212 valence electrons. The van der Waals surface area contributed by atoms with Crippen LogP contribution in [-0.4, -0.2) is 35.6 Å². The third-order valence-electron chi connectivity index (χ3n) is 7.27. The second-order valence-corrected chi connectivity index (χ2v) is 10.9. The molecule has 0 fully saturated rings. The lowest BCUT2D eigenvalue weighted by atomic mass is 9.66. The van der Waals surface area contributed by atoms with Crippen molar-refractivity contribution in [1.29, 1.82) is 0 Å². The molecule has 3 N–H and O–H groups in total. The molecule has 1 unspecified atom stereocenters. The summed E-state index contributed by atoms with van der Waals surface area (Å²) in [4.78, 5) is 47.2. The fraction of sp³-hybridized carbons (Fsp3) is 0.375. The van der Waals surface area contributed by atoms with Gasteiger partial charge in [-0.2, -0.15) is 0 Å². The predicted octanol–water partition coefficient (Wildman–Crippen LogP) is 5.15. The van der Waals surface area contributed by atoms with E-state index in [1.54, 1.807) is 59.5 Å². The largest absolute Gasteiger partial charge is 0.369 e. The normalized spacial score (nSPS) is 16.2. The number of anilines is 1. The molecule has 40 heavy (non-hydrogen) atoms. The topological polar surface area (TPSA) is 105 Å². The van der Waals surface area contributed by atoms with Gasteiger partial charge in [0.1, 0.15) is 5.82 Å². The van der Waals surface area contributed by atoms with Crippen molar-refractivity contribution < 1.29 is 18.8 Å². The van der Waals surface area contributed by atoms with Crippen LogP contribution in [0.4, 0.5) is 10.1 Å². The molecule has 1 aliphatic heterocycles. The van der Waals surface area contributed by atoms with E-state index in [-0.39, 0.29) is 36.1 Å². The molecule has 7 nitrogen and oxygen atoms in total. The van der Waals surface area contributed by atoms with Gasteiger partial charge in [0.05, 0.1) is 22.7 Å². The second-order valence-electron chi connectivity index (χ2n) is 10.9. The second kappa shape index (κ2) is 12.9. The van der Waals surface area contributed by atoms with Gasteiger partial charge in [-0.25, -0.2) is 9.38 Å². The van der Waals surface area contributed by atoms with Crippen molar-refractivity contribution in [2.45, 2.75) is 59.2 Å². The molecule has 0 aromatic heterocycles. The quantitative estimate of drug-likeness (QED) is 0.360. The summed E-state index contributed by atoms with van der Waals surface area (Å²) >= 11 is 0. The summed E-state index contributed by atoms with van der Waals surface area (Å²) in [6.45, 7) is 15.2. The van der Waals surface area contributed by atoms with Crippen LogP contribution in [0.25, 0.3) is 0 Å². The van der Waals surface area contributed by atoms with Gasteiger partial charge in [0.15, 0.2) is 0 Å². The van der Waals surface area contributed by atoms with E-state index < -0.39 is 41.0 Å². The van der Waals surface area contributed by atoms with Gasteiger partial charge >= 0.3 is 0 Å². The van der Waals surface area contributed by atoms with Crippen LogP contribution in [0.5, 0.6) is 0 Å². The van der Waals surface area contributed by atoms with E-state index >= 15 is 4.39 Å². The number of amides is 3. The summed E-state index contributed by atoms with van der Waals surface area (Å²) in [5.74, 6) is -3.02. The van der Waals surface area contributed by atoms with E-state index in [9.17, 15) is 14.4 Å². The van der Waals surface area contributed by atoms with Crippen molar-refractivity contribution in [1.82, 2.24) is 5.32 Å². The van der Waals surface area contributed by atoms with Gasteiger partial charge in [-0.15, -0.1) is 13.2 Å². The number of halogens is 1. The molecular formula is C32H39FN4O3. The number of para-hydroxylation sites is 1. The zero-order chi connectivity index (χ0) is 29.6. The van der Waals surface area contributed by atoms with E-state index in [0.717, 1.165) is 0 Å². The summed E-state index contributed by atoms with van der Waals surface area (Å²) in [5.41, 5.74) is 6.21. The maximum atomic E-state index is 15.1. The molecule has 0 saturated heterocycles. The molecular weight excluding hydrogens is 507 g/mol. The first-order chi connectivity index (χ1) is 19.0. The van der Waals surface area contributed by atoms with Crippen molar-refractivity contribution in [3.8, 4) is 0 Å². The van der Waals surface area contributed by atoms with Crippen molar-refractivity contribution in [3.05, 3.63) is 90.8 Å². The number of nitrogens with zero attached hydrogens (tertiary/aromatic N) is 2.